The van der Waals surface area contributed by atoms with Crippen LogP contribution < -0.4 is 4.74 Å². The van der Waals surface area contributed by atoms with E-state index in [-0.39, 0.29) is 5.91 Å². The molecule has 0 aliphatic heterocycles. The molecule has 0 saturated heterocycles. The molecule has 0 aliphatic carbocycles. The van der Waals surface area contributed by atoms with E-state index < -0.39 is 0 Å². The van der Waals surface area contributed by atoms with Crippen molar-refractivity contribution in [1.29, 1.82) is 0 Å². The van der Waals surface area contributed by atoms with Gasteiger partial charge >= 0.3 is 0 Å². The lowest BCUT2D eigenvalue weighted by atomic mass is 10.1. The maximum absolute atomic E-state index is 12.2. The summed E-state index contributed by atoms with van der Waals surface area (Å²) in [4.78, 5) is 14.0. The van der Waals surface area contributed by atoms with Crippen molar-refractivity contribution >= 4 is 5.91 Å². The molecule has 6 nitrogen and oxygen atoms in total. The van der Waals surface area contributed by atoms with Crippen LogP contribution in [0.3, 0.4) is 0 Å². The predicted octanol–water partition coefficient (Wildman–Crippen LogP) is 3.22. The van der Waals surface area contributed by atoms with Gasteiger partial charge in [-0.05, 0) is 38.0 Å². The van der Waals surface area contributed by atoms with Gasteiger partial charge in [0.15, 0.2) is 0 Å². The van der Waals surface area contributed by atoms with Crippen molar-refractivity contribution in [2.45, 2.75) is 39.5 Å². The number of likely N-dealkylation sites (N-methyl/N-ethyl adjacent to an activating group) is 1. The largest absolute Gasteiger partial charge is 0.497 e. The number of rotatable bonds is 10. The fourth-order valence-electron chi connectivity index (χ4n) is 2.64. The van der Waals surface area contributed by atoms with Crippen molar-refractivity contribution in [1.82, 2.24) is 15.1 Å². The Bertz CT molecular complexity index is 739. The number of ether oxygens (including phenoxy) is 1. The molecule has 0 fully saturated rings. The lowest BCUT2D eigenvalue weighted by molar-refractivity contribution is -0.130. The van der Waals surface area contributed by atoms with E-state index in [2.05, 4.69) is 16.8 Å². The molecule has 2 aromatic rings. The molecular formula is C20H27N3O3. The quantitative estimate of drug-likeness (QED) is 0.611. The number of nitrogens with zero attached hydrogens (tertiary/aromatic N) is 3. The summed E-state index contributed by atoms with van der Waals surface area (Å²) in [6.45, 7) is 9.00. The zero-order chi connectivity index (χ0) is 18.9. The Kier molecular flexibility index (Phi) is 7.38. The van der Waals surface area contributed by atoms with Gasteiger partial charge in [0.05, 0.1) is 7.11 Å². The number of methoxy groups -OCH3 is 1. The molecule has 0 bridgehead atoms. The summed E-state index contributed by atoms with van der Waals surface area (Å²) in [6.07, 6.45) is 2.27. The Morgan fingerprint density at radius 2 is 1.96 bits per heavy atom. The standard InChI is InChI=1S/C20H27N3O3/c1-5-23(14-15(2)3)20(24)12-11-19-22-21-18(26-19)10-9-16-7-6-8-17(13-16)25-4/h6-8,13H,2,5,9-12,14H2,1,3-4H3. The van der Waals surface area contributed by atoms with Crippen molar-refractivity contribution < 1.29 is 13.9 Å². The highest BCUT2D eigenvalue weighted by Crippen LogP contribution is 2.15. The van der Waals surface area contributed by atoms with Gasteiger partial charge in [-0.3, -0.25) is 4.79 Å². The van der Waals surface area contributed by atoms with Crippen molar-refractivity contribution in [3.05, 3.63) is 53.8 Å². The highest BCUT2D eigenvalue weighted by molar-refractivity contribution is 5.76. The van der Waals surface area contributed by atoms with E-state index in [1.165, 1.54) is 0 Å². The minimum atomic E-state index is 0.0756. The van der Waals surface area contributed by atoms with E-state index in [4.69, 9.17) is 9.15 Å². The molecular weight excluding hydrogens is 330 g/mol. The molecule has 0 N–H and O–H groups in total. The number of carbonyl (C=O) groups is 1. The second kappa shape index (κ2) is 9.75. The van der Waals surface area contributed by atoms with Gasteiger partial charge in [-0.2, -0.15) is 0 Å². The van der Waals surface area contributed by atoms with Crippen molar-refractivity contribution in [3.8, 4) is 5.75 Å². The normalized spacial score (nSPS) is 10.6. The molecule has 0 aliphatic rings. The van der Waals surface area contributed by atoms with E-state index in [0.29, 0.717) is 44.1 Å². The summed E-state index contributed by atoms with van der Waals surface area (Å²) >= 11 is 0. The van der Waals surface area contributed by atoms with Gasteiger partial charge in [-0.1, -0.05) is 24.3 Å². The Morgan fingerprint density at radius 3 is 2.62 bits per heavy atom. The number of hydrogen-bond acceptors (Lipinski definition) is 5. The number of benzene rings is 1. The third-order valence-corrected chi connectivity index (χ3v) is 4.02. The molecule has 1 aromatic heterocycles. The van der Waals surface area contributed by atoms with E-state index in [9.17, 15) is 4.79 Å². The van der Waals surface area contributed by atoms with Crippen molar-refractivity contribution in [2.24, 2.45) is 0 Å². The minimum Gasteiger partial charge on any atom is -0.497 e. The van der Waals surface area contributed by atoms with E-state index >= 15 is 0 Å². The van der Waals surface area contributed by atoms with Crippen LogP contribution >= 0.6 is 0 Å². The number of amides is 1. The predicted molar refractivity (Wildman–Crippen MR) is 100 cm³/mol. The van der Waals surface area contributed by atoms with Crippen LogP contribution in [0.25, 0.3) is 0 Å². The van der Waals surface area contributed by atoms with Gasteiger partial charge in [0.2, 0.25) is 17.7 Å². The molecule has 6 heteroatoms. The molecule has 140 valence electrons. The summed E-state index contributed by atoms with van der Waals surface area (Å²) in [5, 5.41) is 8.13. The monoisotopic (exact) mass is 357 g/mol. The number of aryl methyl sites for hydroxylation is 3. The Balaban J connectivity index is 1.83. The molecule has 0 radical (unpaired) electrons. The van der Waals surface area contributed by atoms with Gasteiger partial charge in [0.25, 0.3) is 0 Å². The van der Waals surface area contributed by atoms with Crippen LogP contribution in [-0.2, 0) is 24.1 Å². The highest BCUT2D eigenvalue weighted by Gasteiger charge is 2.14. The first-order chi connectivity index (χ1) is 12.5. The third-order valence-electron chi connectivity index (χ3n) is 4.02. The SMILES string of the molecule is C=C(C)CN(CC)C(=O)CCc1nnc(CCc2cccc(OC)c2)o1. The Hall–Kier alpha value is -2.63. The summed E-state index contributed by atoms with van der Waals surface area (Å²) in [5.41, 5.74) is 2.12. The molecule has 1 aromatic carbocycles. The van der Waals surface area contributed by atoms with E-state index in [0.717, 1.165) is 23.3 Å². The first kappa shape index (κ1) is 19.7. The van der Waals surface area contributed by atoms with Crippen LogP contribution in [0, 0.1) is 0 Å². The molecule has 1 heterocycles. The lowest BCUT2D eigenvalue weighted by Crippen LogP contribution is -2.32. The summed E-state index contributed by atoms with van der Waals surface area (Å²) in [6, 6.07) is 7.92. The van der Waals surface area contributed by atoms with Crippen LogP contribution in [-0.4, -0.2) is 41.2 Å². The second-order valence-corrected chi connectivity index (χ2v) is 6.31. The van der Waals surface area contributed by atoms with Crippen LogP contribution in [0.2, 0.25) is 0 Å². The van der Waals surface area contributed by atoms with E-state index in [1.807, 2.05) is 38.1 Å². The van der Waals surface area contributed by atoms with Gasteiger partial charge in [-0.25, -0.2) is 0 Å². The number of aromatic nitrogens is 2. The summed E-state index contributed by atoms with van der Waals surface area (Å²) in [5.74, 6) is 2.00. The highest BCUT2D eigenvalue weighted by atomic mass is 16.5. The zero-order valence-electron chi connectivity index (χ0n) is 15.8. The fourth-order valence-corrected chi connectivity index (χ4v) is 2.64. The van der Waals surface area contributed by atoms with Crippen molar-refractivity contribution in [3.63, 3.8) is 0 Å². The summed E-state index contributed by atoms with van der Waals surface area (Å²) < 4.78 is 10.9. The maximum atomic E-state index is 12.2. The average Bonchev–Trinajstić information content (AvgIpc) is 3.10. The third kappa shape index (κ3) is 6.02. The fraction of sp³-hybridized carbons (Fsp3) is 0.450. The molecule has 0 spiro atoms. The first-order valence-electron chi connectivity index (χ1n) is 8.88. The molecule has 0 atom stereocenters. The van der Waals surface area contributed by atoms with Crippen LogP contribution in [0.4, 0.5) is 0 Å². The summed E-state index contributed by atoms with van der Waals surface area (Å²) in [7, 11) is 1.65. The van der Waals surface area contributed by atoms with Crippen LogP contribution in [0.5, 0.6) is 5.75 Å². The average molecular weight is 357 g/mol. The number of hydrogen-bond donors (Lipinski definition) is 0. The second-order valence-electron chi connectivity index (χ2n) is 6.31. The smallest absolute Gasteiger partial charge is 0.223 e. The Morgan fingerprint density at radius 1 is 1.23 bits per heavy atom. The minimum absolute atomic E-state index is 0.0756. The Labute approximate surface area is 154 Å². The topological polar surface area (TPSA) is 68.5 Å². The molecule has 0 saturated carbocycles. The lowest BCUT2D eigenvalue weighted by Gasteiger charge is -2.20. The van der Waals surface area contributed by atoms with Gasteiger partial charge in [0.1, 0.15) is 5.75 Å². The molecule has 1 amide bonds. The zero-order valence-corrected chi connectivity index (χ0v) is 15.8. The van der Waals surface area contributed by atoms with Gasteiger partial charge < -0.3 is 14.1 Å². The maximum Gasteiger partial charge on any atom is 0.223 e. The van der Waals surface area contributed by atoms with Gasteiger partial charge in [0, 0.05) is 32.4 Å². The first-order valence-corrected chi connectivity index (χ1v) is 8.88. The van der Waals surface area contributed by atoms with Crippen LogP contribution in [0.1, 0.15) is 37.6 Å². The molecule has 2 rings (SSSR count). The van der Waals surface area contributed by atoms with Gasteiger partial charge in [-0.15, -0.1) is 10.2 Å². The van der Waals surface area contributed by atoms with Crippen molar-refractivity contribution in [2.75, 3.05) is 20.2 Å². The van der Waals surface area contributed by atoms with Crippen LogP contribution in [0.15, 0.2) is 40.8 Å². The molecule has 0 unspecified atom stereocenters. The number of carbonyl (C=O) groups excluding carboxylic acids is 1. The van der Waals surface area contributed by atoms with E-state index in [1.54, 1.807) is 12.0 Å². The molecule has 26 heavy (non-hydrogen) atoms.